The second-order valence-corrected chi connectivity index (χ2v) is 3.03. The van der Waals surface area contributed by atoms with Gasteiger partial charge in [-0.05, 0) is 12.1 Å². The summed E-state index contributed by atoms with van der Waals surface area (Å²) < 4.78 is 5.11. The Hall–Kier alpha value is -1.69. The highest BCUT2D eigenvalue weighted by Crippen LogP contribution is 2.04. The fourth-order valence-corrected chi connectivity index (χ4v) is 1.10. The zero-order valence-corrected chi connectivity index (χ0v) is 8.19. The molecule has 1 aromatic rings. The lowest BCUT2D eigenvalue weighted by atomic mass is 10.2. The van der Waals surface area contributed by atoms with Crippen molar-refractivity contribution < 1.29 is 9.21 Å². The number of aryl methyl sites for hydroxylation is 1. The summed E-state index contributed by atoms with van der Waals surface area (Å²) in [6.07, 6.45) is 7.76. The first-order valence-corrected chi connectivity index (χ1v) is 4.44. The molecule has 1 rings (SSSR count). The molecule has 0 fully saturated rings. The van der Waals surface area contributed by atoms with E-state index in [-0.39, 0.29) is 5.91 Å². The topological polar surface area (TPSA) is 33.5 Å². The summed E-state index contributed by atoms with van der Waals surface area (Å²) in [6.45, 7) is 0.358. The minimum Gasteiger partial charge on any atom is -0.469 e. The summed E-state index contributed by atoms with van der Waals surface area (Å²) in [6, 6.07) is 3.67. The molecule has 0 aliphatic heterocycles. The van der Waals surface area contributed by atoms with Crippen LogP contribution in [-0.2, 0) is 11.2 Å². The Labute approximate surface area is 83.7 Å². The van der Waals surface area contributed by atoms with Crippen molar-refractivity contribution in [3.63, 3.8) is 0 Å². The van der Waals surface area contributed by atoms with Crippen LogP contribution in [0.1, 0.15) is 12.2 Å². The minimum absolute atomic E-state index is 0.0411. The molecule has 0 N–H and O–H groups in total. The molecule has 0 aliphatic rings. The van der Waals surface area contributed by atoms with Crippen LogP contribution in [0.5, 0.6) is 0 Å². The van der Waals surface area contributed by atoms with Crippen LogP contribution < -0.4 is 0 Å². The maximum Gasteiger partial charge on any atom is 0.223 e. The Morgan fingerprint density at radius 1 is 1.71 bits per heavy atom. The molecule has 0 unspecified atom stereocenters. The third-order valence-electron chi connectivity index (χ3n) is 1.92. The molecule has 0 radical (unpaired) electrons. The van der Waals surface area contributed by atoms with Crippen molar-refractivity contribution >= 4 is 5.91 Å². The van der Waals surface area contributed by atoms with Crippen LogP contribution >= 0.6 is 0 Å². The van der Waals surface area contributed by atoms with Crippen molar-refractivity contribution in [1.29, 1.82) is 0 Å². The average Bonchev–Trinajstić information content (AvgIpc) is 2.67. The molecule has 0 saturated heterocycles. The highest BCUT2D eigenvalue weighted by molar-refractivity contribution is 5.76. The van der Waals surface area contributed by atoms with Crippen LogP contribution in [0, 0.1) is 12.3 Å². The van der Waals surface area contributed by atoms with Crippen molar-refractivity contribution in [2.24, 2.45) is 0 Å². The van der Waals surface area contributed by atoms with Crippen LogP contribution in [0.4, 0.5) is 0 Å². The normalized spacial score (nSPS) is 9.43. The van der Waals surface area contributed by atoms with E-state index >= 15 is 0 Å². The van der Waals surface area contributed by atoms with Gasteiger partial charge in [-0.1, -0.05) is 5.92 Å². The lowest BCUT2D eigenvalue weighted by Gasteiger charge is -2.12. The zero-order chi connectivity index (χ0) is 10.4. The van der Waals surface area contributed by atoms with Crippen LogP contribution in [0.3, 0.4) is 0 Å². The summed E-state index contributed by atoms with van der Waals surface area (Å²) in [7, 11) is 1.70. The molecular formula is C11H13NO2. The van der Waals surface area contributed by atoms with Crippen LogP contribution in [0.15, 0.2) is 22.8 Å². The molecule has 3 heteroatoms. The van der Waals surface area contributed by atoms with E-state index < -0.39 is 0 Å². The zero-order valence-electron chi connectivity index (χ0n) is 8.19. The van der Waals surface area contributed by atoms with Crippen molar-refractivity contribution in [3.05, 3.63) is 24.2 Å². The standard InChI is InChI=1S/C11H13NO2/c1-3-8-12(2)11(13)7-6-10-5-4-9-14-10/h1,4-5,9H,6-8H2,2H3. The largest absolute Gasteiger partial charge is 0.469 e. The Morgan fingerprint density at radius 2 is 2.50 bits per heavy atom. The van der Waals surface area contributed by atoms with Gasteiger partial charge in [0.2, 0.25) is 5.91 Å². The van der Waals surface area contributed by atoms with Gasteiger partial charge in [-0.25, -0.2) is 0 Å². The maximum atomic E-state index is 11.4. The number of amides is 1. The van der Waals surface area contributed by atoms with Crippen molar-refractivity contribution in [1.82, 2.24) is 4.90 Å². The second-order valence-electron chi connectivity index (χ2n) is 3.03. The van der Waals surface area contributed by atoms with Crippen LogP contribution in [0.25, 0.3) is 0 Å². The smallest absolute Gasteiger partial charge is 0.223 e. The first-order chi connectivity index (χ1) is 6.74. The summed E-state index contributed by atoms with van der Waals surface area (Å²) in [5, 5.41) is 0. The van der Waals surface area contributed by atoms with Gasteiger partial charge in [-0.2, -0.15) is 0 Å². The number of hydrogen-bond acceptors (Lipinski definition) is 2. The molecule has 1 aromatic heterocycles. The molecule has 14 heavy (non-hydrogen) atoms. The van der Waals surface area contributed by atoms with Gasteiger partial charge in [0.15, 0.2) is 0 Å². The molecule has 0 bridgehead atoms. The van der Waals surface area contributed by atoms with Gasteiger partial charge < -0.3 is 9.32 Å². The van der Waals surface area contributed by atoms with Gasteiger partial charge in [0, 0.05) is 19.9 Å². The number of terminal acetylenes is 1. The van der Waals surface area contributed by atoms with E-state index in [0.717, 1.165) is 5.76 Å². The lowest BCUT2D eigenvalue weighted by molar-refractivity contribution is -0.129. The van der Waals surface area contributed by atoms with Gasteiger partial charge in [-0.15, -0.1) is 6.42 Å². The average molecular weight is 191 g/mol. The van der Waals surface area contributed by atoms with E-state index in [4.69, 9.17) is 10.8 Å². The number of rotatable bonds is 4. The fraction of sp³-hybridized carbons (Fsp3) is 0.364. The maximum absolute atomic E-state index is 11.4. The van der Waals surface area contributed by atoms with E-state index in [1.807, 2.05) is 12.1 Å². The molecule has 1 amide bonds. The Balaban J connectivity index is 2.32. The van der Waals surface area contributed by atoms with Crippen molar-refractivity contribution in [2.45, 2.75) is 12.8 Å². The van der Waals surface area contributed by atoms with Crippen molar-refractivity contribution in [2.75, 3.05) is 13.6 Å². The highest BCUT2D eigenvalue weighted by Gasteiger charge is 2.07. The van der Waals surface area contributed by atoms with E-state index in [2.05, 4.69) is 5.92 Å². The SMILES string of the molecule is C#CCN(C)C(=O)CCc1ccco1. The van der Waals surface area contributed by atoms with E-state index in [9.17, 15) is 4.79 Å². The third kappa shape index (κ3) is 2.98. The Bertz CT molecular complexity index is 322. The van der Waals surface area contributed by atoms with E-state index in [1.54, 1.807) is 13.3 Å². The molecule has 3 nitrogen and oxygen atoms in total. The van der Waals surface area contributed by atoms with Gasteiger partial charge in [-0.3, -0.25) is 4.79 Å². The molecule has 0 aromatic carbocycles. The van der Waals surface area contributed by atoms with Crippen molar-refractivity contribution in [3.8, 4) is 12.3 Å². The van der Waals surface area contributed by atoms with Gasteiger partial charge >= 0.3 is 0 Å². The number of hydrogen-bond donors (Lipinski definition) is 0. The Morgan fingerprint density at radius 3 is 3.07 bits per heavy atom. The molecule has 0 atom stereocenters. The van der Waals surface area contributed by atoms with E-state index in [0.29, 0.717) is 19.4 Å². The minimum atomic E-state index is 0.0411. The molecule has 0 saturated carbocycles. The number of carbonyl (C=O) groups excluding carboxylic acids is 1. The summed E-state index contributed by atoms with van der Waals surface area (Å²) in [5.74, 6) is 3.29. The molecule has 0 aliphatic carbocycles. The molecular weight excluding hydrogens is 178 g/mol. The lowest BCUT2D eigenvalue weighted by Crippen LogP contribution is -2.27. The molecule has 74 valence electrons. The molecule has 0 spiro atoms. The highest BCUT2D eigenvalue weighted by atomic mass is 16.3. The Kier molecular flexibility index (Phi) is 3.81. The van der Waals surface area contributed by atoms with Gasteiger partial charge in [0.05, 0.1) is 12.8 Å². The summed E-state index contributed by atoms with van der Waals surface area (Å²) >= 11 is 0. The fourth-order valence-electron chi connectivity index (χ4n) is 1.10. The van der Waals surface area contributed by atoms with Crippen LogP contribution in [0.2, 0.25) is 0 Å². The van der Waals surface area contributed by atoms with Gasteiger partial charge in [0.25, 0.3) is 0 Å². The summed E-state index contributed by atoms with van der Waals surface area (Å²) in [4.78, 5) is 12.9. The third-order valence-corrected chi connectivity index (χ3v) is 1.92. The monoisotopic (exact) mass is 191 g/mol. The number of nitrogens with zero attached hydrogens (tertiary/aromatic N) is 1. The molecule has 1 heterocycles. The number of furan rings is 1. The first kappa shape index (κ1) is 10.4. The first-order valence-electron chi connectivity index (χ1n) is 4.44. The quantitative estimate of drug-likeness (QED) is 0.672. The predicted octanol–water partition coefficient (Wildman–Crippen LogP) is 1.30. The van der Waals surface area contributed by atoms with Crippen LogP contribution in [-0.4, -0.2) is 24.4 Å². The van der Waals surface area contributed by atoms with Gasteiger partial charge in [0.1, 0.15) is 5.76 Å². The van der Waals surface area contributed by atoms with E-state index in [1.165, 1.54) is 4.90 Å². The second kappa shape index (κ2) is 5.13. The number of carbonyl (C=O) groups is 1. The predicted molar refractivity (Wildman–Crippen MR) is 53.5 cm³/mol. The summed E-state index contributed by atoms with van der Waals surface area (Å²) in [5.41, 5.74) is 0.